The average molecular weight is 1200 g/mol. The van der Waals surface area contributed by atoms with Gasteiger partial charge in [0.2, 0.25) is 5.91 Å². The van der Waals surface area contributed by atoms with Crippen LogP contribution in [-0.2, 0) is 14.3 Å². The SMILES string of the molecule is CCCCC/C=C\C/C=C\CCCCCCCC(=O)OCCCCCCCCCCCCCCCCCCCCCCCCCCCCCCCCCC(=O)NC(CO)C(O)CCCCCCCCCCCCCCCCCCCCCCCC. The molecule has 0 bridgehead atoms. The summed E-state index contributed by atoms with van der Waals surface area (Å²) in [6.07, 6.45) is 95.5. The Labute approximate surface area is 532 Å². The molecule has 3 N–H and O–H groups in total. The van der Waals surface area contributed by atoms with E-state index in [0.717, 1.165) is 51.4 Å². The molecule has 0 spiro atoms. The van der Waals surface area contributed by atoms with Crippen LogP contribution in [0.2, 0.25) is 0 Å². The second kappa shape index (κ2) is 74.8. The summed E-state index contributed by atoms with van der Waals surface area (Å²) in [5, 5.41) is 23.5. The Bertz CT molecular complexity index is 1330. The lowest BCUT2D eigenvalue weighted by molar-refractivity contribution is -0.143. The molecular weight excluding hydrogens is 1040 g/mol. The maximum Gasteiger partial charge on any atom is 0.305 e. The topological polar surface area (TPSA) is 95.9 Å². The first-order chi connectivity index (χ1) is 42.0. The molecule has 504 valence electrons. The molecule has 2 atom stereocenters. The van der Waals surface area contributed by atoms with Gasteiger partial charge in [-0.25, -0.2) is 0 Å². The van der Waals surface area contributed by atoms with E-state index in [4.69, 9.17) is 4.74 Å². The van der Waals surface area contributed by atoms with E-state index in [1.807, 2.05) is 0 Å². The number of unbranched alkanes of at least 4 members (excludes halogenated alkanes) is 59. The van der Waals surface area contributed by atoms with Gasteiger partial charge in [-0.2, -0.15) is 0 Å². The van der Waals surface area contributed by atoms with Crippen molar-refractivity contribution in [2.24, 2.45) is 0 Å². The van der Waals surface area contributed by atoms with Gasteiger partial charge in [-0.15, -0.1) is 0 Å². The molecule has 0 aliphatic heterocycles. The van der Waals surface area contributed by atoms with Crippen molar-refractivity contribution < 1.29 is 24.5 Å². The third-order valence-corrected chi connectivity index (χ3v) is 18.5. The molecule has 6 nitrogen and oxygen atoms in total. The largest absolute Gasteiger partial charge is 0.466 e. The molecule has 1 amide bonds. The Morgan fingerprint density at radius 1 is 0.329 bits per heavy atom. The number of nitrogens with one attached hydrogen (secondary N) is 1. The fourth-order valence-electron chi connectivity index (χ4n) is 12.6. The van der Waals surface area contributed by atoms with Gasteiger partial charge in [-0.05, 0) is 57.8 Å². The van der Waals surface area contributed by atoms with E-state index < -0.39 is 12.1 Å². The van der Waals surface area contributed by atoms with Crippen molar-refractivity contribution in [3.05, 3.63) is 24.3 Å². The minimum atomic E-state index is -0.662. The number of aliphatic hydroxyl groups excluding tert-OH is 2. The summed E-state index contributed by atoms with van der Waals surface area (Å²) in [7, 11) is 0. The number of esters is 1. The molecular formula is C79H153NO5. The van der Waals surface area contributed by atoms with E-state index in [-0.39, 0.29) is 18.5 Å². The standard InChI is InChI=1S/C79H153NO5/c1-3-5-7-9-11-13-15-17-19-20-21-22-34-37-40-44-47-51-55-59-63-67-71-77(82)76(75-81)80-78(83)72-68-64-60-56-52-48-45-41-38-35-32-30-28-26-24-23-25-27-29-31-33-36-39-42-46-50-54-58-62-66-70-74-85-79(84)73-69-65-61-57-53-49-43-18-16-14-12-10-8-6-4-2/h12,14,18,43,76-77,81-82H,3-11,13,15-17,19-42,44-75H2,1-2H3,(H,80,83)/b14-12-,43-18-. The van der Waals surface area contributed by atoms with Gasteiger partial charge >= 0.3 is 5.97 Å². The van der Waals surface area contributed by atoms with E-state index in [2.05, 4.69) is 43.5 Å². The van der Waals surface area contributed by atoms with Gasteiger partial charge in [0.25, 0.3) is 0 Å². The smallest absolute Gasteiger partial charge is 0.305 e. The minimum absolute atomic E-state index is 0.00757. The maximum absolute atomic E-state index is 12.6. The fourth-order valence-corrected chi connectivity index (χ4v) is 12.6. The van der Waals surface area contributed by atoms with Crippen LogP contribution >= 0.6 is 0 Å². The molecule has 0 rings (SSSR count). The second-order valence-corrected chi connectivity index (χ2v) is 27.0. The minimum Gasteiger partial charge on any atom is -0.466 e. The first-order valence-corrected chi connectivity index (χ1v) is 39.1. The molecule has 0 radical (unpaired) electrons. The van der Waals surface area contributed by atoms with Gasteiger partial charge in [0.15, 0.2) is 0 Å². The van der Waals surface area contributed by atoms with Crippen LogP contribution in [0.4, 0.5) is 0 Å². The highest BCUT2D eigenvalue weighted by atomic mass is 16.5. The molecule has 0 heterocycles. The maximum atomic E-state index is 12.6. The van der Waals surface area contributed by atoms with Crippen molar-refractivity contribution in [3.63, 3.8) is 0 Å². The van der Waals surface area contributed by atoms with Gasteiger partial charge in [-0.3, -0.25) is 9.59 Å². The van der Waals surface area contributed by atoms with Gasteiger partial charge in [0.1, 0.15) is 0 Å². The molecule has 0 aliphatic carbocycles. The lowest BCUT2D eigenvalue weighted by Gasteiger charge is -2.22. The third-order valence-electron chi connectivity index (χ3n) is 18.5. The van der Waals surface area contributed by atoms with Crippen LogP contribution in [0.25, 0.3) is 0 Å². The van der Waals surface area contributed by atoms with E-state index in [9.17, 15) is 19.8 Å². The molecule has 85 heavy (non-hydrogen) atoms. The molecule has 0 aromatic heterocycles. The Morgan fingerprint density at radius 3 is 0.918 bits per heavy atom. The number of hydrogen-bond acceptors (Lipinski definition) is 5. The zero-order valence-corrected chi connectivity index (χ0v) is 57.9. The number of allylic oxidation sites excluding steroid dienone is 4. The van der Waals surface area contributed by atoms with E-state index in [1.54, 1.807) is 0 Å². The number of aliphatic hydroxyl groups is 2. The number of hydrogen-bond donors (Lipinski definition) is 3. The summed E-state index contributed by atoms with van der Waals surface area (Å²) in [6, 6.07) is -0.539. The Hall–Kier alpha value is -1.66. The quantitative estimate of drug-likeness (QED) is 0.0320. The Kier molecular flexibility index (Phi) is 73.3. The number of ether oxygens (including phenoxy) is 1. The molecule has 0 saturated heterocycles. The molecule has 0 fully saturated rings. The summed E-state index contributed by atoms with van der Waals surface area (Å²) in [4.78, 5) is 24.6. The van der Waals surface area contributed by atoms with Crippen LogP contribution in [0.3, 0.4) is 0 Å². The van der Waals surface area contributed by atoms with Gasteiger partial charge < -0.3 is 20.3 Å². The van der Waals surface area contributed by atoms with Crippen molar-refractivity contribution in [2.75, 3.05) is 13.2 Å². The molecule has 0 aromatic carbocycles. The summed E-state index contributed by atoms with van der Waals surface area (Å²) in [5.41, 5.74) is 0. The predicted octanol–water partition coefficient (Wildman–Crippen LogP) is 25.7. The molecule has 0 aromatic rings. The monoisotopic (exact) mass is 1200 g/mol. The fraction of sp³-hybridized carbons (Fsp3) is 0.924. The van der Waals surface area contributed by atoms with Crippen LogP contribution in [0.1, 0.15) is 444 Å². The number of rotatable bonds is 74. The summed E-state index contributed by atoms with van der Waals surface area (Å²) >= 11 is 0. The Balaban J connectivity index is 3.33. The zero-order chi connectivity index (χ0) is 61.3. The van der Waals surface area contributed by atoms with Gasteiger partial charge in [0, 0.05) is 12.8 Å². The molecule has 6 heteroatoms. The van der Waals surface area contributed by atoms with E-state index in [1.165, 1.54) is 360 Å². The molecule has 2 unspecified atom stereocenters. The highest BCUT2D eigenvalue weighted by Gasteiger charge is 2.20. The van der Waals surface area contributed by atoms with Crippen LogP contribution in [0.5, 0.6) is 0 Å². The van der Waals surface area contributed by atoms with Crippen molar-refractivity contribution in [3.8, 4) is 0 Å². The average Bonchev–Trinajstić information content (AvgIpc) is 3.51. The van der Waals surface area contributed by atoms with Crippen LogP contribution in [-0.4, -0.2) is 47.4 Å². The molecule has 0 aliphatic rings. The van der Waals surface area contributed by atoms with E-state index in [0.29, 0.717) is 25.9 Å². The lowest BCUT2D eigenvalue weighted by Crippen LogP contribution is -2.45. The number of carbonyl (C=O) groups excluding carboxylic acids is 2. The normalized spacial score (nSPS) is 12.6. The summed E-state index contributed by atoms with van der Waals surface area (Å²) in [6.45, 7) is 4.97. The van der Waals surface area contributed by atoms with Crippen LogP contribution in [0.15, 0.2) is 24.3 Å². The number of carbonyl (C=O) groups is 2. The highest BCUT2D eigenvalue weighted by molar-refractivity contribution is 5.76. The van der Waals surface area contributed by atoms with Gasteiger partial charge in [0.05, 0.1) is 25.4 Å². The first kappa shape index (κ1) is 83.3. The summed E-state index contributed by atoms with van der Waals surface area (Å²) < 4.78 is 5.49. The first-order valence-electron chi connectivity index (χ1n) is 39.1. The van der Waals surface area contributed by atoms with Crippen molar-refractivity contribution in [1.29, 1.82) is 0 Å². The van der Waals surface area contributed by atoms with Gasteiger partial charge in [-0.1, -0.05) is 398 Å². The second-order valence-electron chi connectivity index (χ2n) is 27.0. The van der Waals surface area contributed by atoms with Crippen LogP contribution < -0.4 is 5.32 Å². The van der Waals surface area contributed by atoms with E-state index >= 15 is 0 Å². The lowest BCUT2D eigenvalue weighted by atomic mass is 10.0. The highest BCUT2D eigenvalue weighted by Crippen LogP contribution is 2.20. The Morgan fingerprint density at radius 2 is 0.588 bits per heavy atom. The zero-order valence-electron chi connectivity index (χ0n) is 57.9. The predicted molar refractivity (Wildman–Crippen MR) is 375 cm³/mol. The van der Waals surface area contributed by atoms with Crippen molar-refractivity contribution >= 4 is 11.9 Å². The number of amides is 1. The summed E-state index contributed by atoms with van der Waals surface area (Å²) in [5.74, 6) is -0.0178. The van der Waals surface area contributed by atoms with Crippen molar-refractivity contribution in [1.82, 2.24) is 5.32 Å². The van der Waals surface area contributed by atoms with Crippen LogP contribution in [0, 0.1) is 0 Å². The molecule has 0 saturated carbocycles. The third kappa shape index (κ3) is 71.3. The van der Waals surface area contributed by atoms with Crippen molar-refractivity contribution in [2.45, 2.75) is 456 Å².